The van der Waals surface area contributed by atoms with Gasteiger partial charge in [0.1, 0.15) is 11.6 Å². The predicted molar refractivity (Wildman–Crippen MR) is 120 cm³/mol. The minimum Gasteiger partial charge on any atom is -0.383 e. The zero-order valence-electron chi connectivity index (χ0n) is 18.1. The lowest BCUT2D eigenvalue weighted by molar-refractivity contribution is -0.133. The van der Waals surface area contributed by atoms with E-state index in [-0.39, 0.29) is 29.1 Å². The van der Waals surface area contributed by atoms with Crippen LogP contribution in [-0.2, 0) is 4.79 Å². The number of nitrogens with zero attached hydrogens (tertiary/aromatic N) is 3. The number of Topliss-reactive ketones (excluding diaryl/α,β-unsaturated/α-hetero) is 1. The number of alkyl halides is 3. The summed E-state index contributed by atoms with van der Waals surface area (Å²) in [5, 5.41) is 12.9. The van der Waals surface area contributed by atoms with Crippen LogP contribution in [0.2, 0.25) is 0 Å². The Labute approximate surface area is 192 Å². The molecule has 1 saturated carbocycles. The van der Waals surface area contributed by atoms with Crippen LogP contribution < -0.4 is 11.1 Å². The number of pyridine rings is 2. The highest BCUT2D eigenvalue weighted by atomic mass is 19.4. The van der Waals surface area contributed by atoms with E-state index in [0.717, 1.165) is 0 Å². The number of hydrogen-bond acceptors (Lipinski definition) is 6. The Morgan fingerprint density at radius 2 is 2.03 bits per heavy atom. The predicted octanol–water partition coefficient (Wildman–Crippen LogP) is 4.81. The first-order chi connectivity index (χ1) is 16.1. The molecule has 4 rings (SSSR count). The number of fused-ring (bicyclic) bond motifs is 1. The molecule has 0 aliphatic heterocycles. The summed E-state index contributed by atoms with van der Waals surface area (Å²) < 4.78 is 37.3. The van der Waals surface area contributed by atoms with Gasteiger partial charge in [-0.3, -0.25) is 9.59 Å². The van der Waals surface area contributed by atoms with E-state index in [1.54, 1.807) is 25.1 Å². The van der Waals surface area contributed by atoms with Crippen molar-refractivity contribution < 1.29 is 22.8 Å². The number of hydrogen-bond donors (Lipinski definition) is 2. The molecule has 34 heavy (non-hydrogen) atoms. The van der Waals surface area contributed by atoms with Gasteiger partial charge >= 0.3 is 6.18 Å². The molecule has 2 atom stereocenters. The number of amides is 1. The van der Waals surface area contributed by atoms with E-state index in [0.29, 0.717) is 39.8 Å². The molecule has 1 aromatic carbocycles. The van der Waals surface area contributed by atoms with Gasteiger partial charge in [0.25, 0.3) is 0 Å². The number of halogens is 3. The van der Waals surface area contributed by atoms with Crippen LogP contribution in [0.15, 0.2) is 36.5 Å². The molecular formula is C24H20F3N5O2. The smallest absolute Gasteiger partial charge is 0.383 e. The van der Waals surface area contributed by atoms with E-state index in [1.165, 1.54) is 18.3 Å². The largest absolute Gasteiger partial charge is 0.389 e. The first kappa shape index (κ1) is 23.2. The third kappa shape index (κ3) is 4.98. The molecule has 0 radical (unpaired) electrons. The lowest BCUT2D eigenvalue weighted by Gasteiger charge is -2.12. The molecule has 2 heterocycles. The van der Waals surface area contributed by atoms with Crippen molar-refractivity contribution in [2.24, 2.45) is 11.8 Å². The highest BCUT2D eigenvalue weighted by Crippen LogP contribution is 2.38. The highest BCUT2D eigenvalue weighted by Gasteiger charge is 2.43. The molecule has 1 aliphatic carbocycles. The molecule has 0 bridgehead atoms. The van der Waals surface area contributed by atoms with E-state index >= 15 is 0 Å². The average molecular weight is 467 g/mol. The van der Waals surface area contributed by atoms with Gasteiger partial charge in [0.2, 0.25) is 5.91 Å². The van der Waals surface area contributed by atoms with Crippen molar-refractivity contribution in [3.05, 3.63) is 47.7 Å². The zero-order chi connectivity index (χ0) is 24.6. The van der Waals surface area contributed by atoms with Crippen LogP contribution in [0.4, 0.5) is 24.8 Å². The van der Waals surface area contributed by atoms with Crippen molar-refractivity contribution in [1.82, 2.24) is 9.97 Å². The second-order valence-corrected chi connectivity index (χ2v) is 8.32. The summed E-state index contributed by atoms with van der Waals surface area (Å²) in [6, 6.07) is 10.1. The lowest BCUT2D eigenvalue weighted by atomic mass is 9.98. The monoisotopic (exact) mass is 467 g/mol. The fourth-order valence-electron chi connectivity index (χ4n) is 3.75. The minimum atomic E-state index is -4.39. The summed E-state index contributed by atoms with van der Waals surface area (Å²) in [6.07, 6.45) is -4.13. The van der Waals surface area contributed by atoms with Crippen LogP contribution >= 0.6 is 0 Å². The number of rotatable bonds is 6. The van der Waals surface area contributed by atoms with Crippen LogP contribution in [-0.4, -0.2) is 27.8 Å². The van der Waals surface area contributed by atoms with Gasteiger partial charge in [-0.1, -0.05) is 12.1 Å². The Morgan fingerprint density at radius 1 is 1.26 bits per heavy atom. The van der Waals surface area contributed by atoms with Gasteiger partial charge in [-0.05, 0) is 42.5 Å². The maximum Gasteiger partial charge on any atom is 0.389 e. The third-order valence-electron chi connectivity index (χ3n) is 5.75. The third-order valence-corrected chi connectivity index (χ3v) is 5.75. The number of ketones is 1. The number of carbonyl (C=O) groups excluding carboxylic acids is 2. The molecule has 1 amide bonds. The topological polar surface area (TPSA) is 122 Å². The van der Waals surface area contributed by atoms with Gasteiger partial charge in [0, 0.05) is 29.1 Å². The van der Waals surface area contributed by atoms with Gasteiger partial charge in [0.15, 0.2) is 5.78 Å². The number of aryl methyl sites for hydroxylation is 1. The van der Waals surface area contributed by atoms with Crippen LogP contribution in [0.25, 0.3) is 22.0 Å². The highest BCUT2D eigenvalue weighted by molar-refractivity contribution is 5.99. The Bertz CT molecular complexity index is 1350. The Hall–Kier alpha value is -4.00. The van der Waals surface area contributed by atoms with Crippen molar-refractivity contribution in [2.75, 3.05) is 11.1 Å². The molecule has 3 N–H and O–H groups in total. The number of carbonyl (C=O) groups is 2. The van der Waals surface area contributed by atoms with Gasteiger partial charge in [-0.2, -0.15) is 18.4 Å². The zero-order valence-corrected chi connectivity index (χ0v) is 18.1. The molecule has 3 aromatic rings. The summed E-state index contributed by atoms with van der Waals surface area (Å²) in [5.41, 5.74) is 8.14. The molecule has 0 unspecified atom stereocenters. The summed E-state index contributed by atoms with van der Waals surface area (Å²) >= 11 is 0. The Morgan fingerprint density at radius 3 is 2.68 bits per heavy atom. The lowest BCUT2D eigenvalue weighted by Crippen LogP contribution is -2.15. The van der Waals surface area contributed by atoms with Gasteiger partial charge < -0.3 is 11.1 Å². The molecule has 1 fully saturated rings. The van der Waals surface area contributed by atoms with E-state index in [4.69, 9.17) is 11.0 Å². The summed E-state index contributed by atoms with van der Waals surface area (Å²) in [5.74, 6) is -0.908. The summed E-state index contributed by atoms with van der Waals surface area (Å²) in [4.78, 5) is 33.0. The molecule has 0 spiro atoms. The maximum absolute atomic E-state index is 12.4. The first-order valence-electron chi connectivity index (χ1n) is 10.5. The van der Waals surface area contributed by atoms with E-state index in [1.807, 2.05) is 0 Å². The van der Waals surface area contributed by atoms with Crippen LogP contribution in [0.3, 0.4) is 0 Å². The number of benzene rings is 1. The maximum atomic E-state index is 12.4. The quantitative estimate of drug-likeness (QED) is 0.502. The number of nitrogens with two attached hydrogens (primary N) is 1. The Kier molecular flexibility index (Phi) is 5.96. The molecule has 1 aliphatic rings. The van der Waals surface area contributed by atoms with E-state index in [9.17, 15) is 22.8 Å². The van der Waals surface area contributed by atoms with Crippen molar-refractivity contribution in [1.29, 1.82) is 5.26 Å². The summed E-state index contributed by atoms with van der Waals surface area (Å²) in [7, 11) is 0. The molecule has 0 saturated heterocycles. The fourth-order valence-corrected chi connectivity index (χ4v) is 3.75. The Balaban J connectivity index is 1.59. The van der Waals surface area contributed by atoms with E-state index in [2.05, 4.69) is 21.4 Å². The van der Waals surface area contributed by atoms with Crippen molar-refractivity contribution in [3.63, 3.8) is 0 Å². The molecule has 2 aromatic heterocycles. The number of aromatic nitrogens is 2. The second-order valence-electron chi connectivity index (χ2n) is 8.32. The van der Waals surface area contributed by atoms with Gasteiger partial charge in [0.05, 0.1) is 30.0 Å². The van der Waals surface area contributed by atoms with Crippen molar-refractivity contribution in [3.8, 4) is 17.3 Å². The van der Waals surface area contributed by atoms with Gasteiger partial charge in [-0.15, -0.1) is 0 Å². The number of anilines is 2. The van der Waals surface area contributed by atoms with Crippen LogP contribution in [0.1, 0.15) is 35.2 Å². The molecule has 7 nitrogen and oxygen atoms in total. The standard InChI is InChI=1S/C24H20F3N5O2/c1-12-6-13(20(33)4-5-24(25,26)27)2-3-16(12)19-8-14-9-21(30-11-18(14)22(29)31-19)32-23(34)17-7-15(17)10-28/h2-3,6,8-9,11,15,17H,4-5,7H2,1H3,(H2,29,31)(H,30,32,34)/t15-,17+/m0/s1. The molecule has 10 heteroatoms. The van der Waals surface area contributed by atoms with Gasteiger partial charge in [-0.25, -0.2) is 9.97 Å². The van der Waals surface area contributed by atoms with Crippen molar-refractivity contribution in [2.45, 2.75) is 32.4 Å². The minimum absolute atomic E-state index is 0.198. The molecule has 174 valence electrons. The summed E-state index contributed by atoms with van der Waals surface area (Å²) in [6.45, 7) is 1.73. The van der Waals surface area contributed by atoms with Crippen LogP contribution in [0.5, 0.6) is 0 Å². The van der Waals surface area contributed by atoms with Crippen molar-refractivity contribution >= 4 is 34.1 Å². The number of nitrogens with one attached hydrogen (secondary N) is 1. The van der Waals surface area contributed by atoms with Crippen LogP contribution in [0, 0.1) is 30.1 Å². The fraction of sp³-hybridized carbons (Fsp3) is 0.292. The second kappa shape index (κ2) is 8.74. The van der Waals surface area contributed by atoms with E-state index < -0.39 is 24.8 Å². The number of nitrogen functional groups attached to an aromatic ring is 1. The molecular weight excluding hydrogens is 447 g/mol. The first-order valence-corrected chi connectivity index (χ1v) is 10.5. The SMILES string of the molecule is Cc1cc(C(=O)CCC(F)(F)F)ccc1-c1cc2cc(NC(=O)[C@@H]3C[C@H]3C#N)ncc2c(N)n1. The normalized spacial score (nSPS) is 17.3. The number of nitriles is 1. The average Bonchev–Trinajstić information content (AvgIpc) is 3.57.